The second-order valence-corrected chi connectivity index (χ2v) is 6.95. The van der Waals surface area contributed by atoms with E-state index in [9.17, 15) is 9.59 Å². The van der Waals surface area contributed by atoms with Crippen LogP contribution in [0.1, 0.15) is 35.1 Å². The van der Waals surface area contributed by atoms with E-state index in [-0.39, 0.29) is 18.5 Å². The zero-order chi connectivity index (χ0) is 18.0. The number of thiazole rings is 1. The second kappa shape index (κ2) is 7.23. The normalized spacial score (nSPS) is 13.5. The van der Waals surface area contributed by atoms with Crippen LogP contribution in [-0.2, 0) is 4.79 Å². The molecule has 0 radical (unpaired) electrons. The van der Waals surface area contributed by atoms with E-state index >= 15 is 0 Å². The van der Waals surface area contributed by atoms with E-state index < -0.39 is 5.97 Å². The molecule has 1 saturated carbocycles. The number of aryl methyl sites for hydroxylation is 1. The Morgan fingerprint density at radius 1 is 1.32 bits per heavy atom. The van der Waals surface area contributed by atoms with Gasteiger partial charge in [0.2, 0.25) is 0 Å². The van der Waals surface area contributed by atoms with E-state index in [1.165, 1.54) is 16.2 Å². The number of hydrogen-bond acceptors (Lipinski definition) is 5. The second-order valence-electron chi connectivity index (χ2n) is 5.95. The summed E-state index contributed by atoms with van der Waals surface area (Å²) in [6.45, 7) is 4.06. The average molecular weight is 360 g/mol. The third kappa shape index (κ3) is 3.99. The van der Waals surface area contributed by atoms with Gasteiger partial charge in [0, 0.05) is 11.6 Å². The number of carbonyl (C=O) groups is 2. The molecule has 0 atom stereocenters. The summed E-state index contributed by atoms with van der Waals surface area (Å²) < 4.78 is 5.43. The lowest BCUT2D eigenvalue weighted by Crippen LogP contribution is -2.37. The molecule has 0 spiro atoms. The number of carboxylic acid groups (broad SMARTS) is 1. The summed E-state index contributed by atoms with van der Waals surface area (Å²) >= 11 is 1.30. The lowest BCUT2D eigenvalue weighted by atomic mass is 10.2. The van der Waals surface area contributed by atoms with Gasteiger partial charge < -0.3 is 14.7 Å². The van der Waals surface area contributed by atoms with E-state index in [1.54, 1.807) is 6.92 Å². The van der Waals surface area contributed by atoms with Crippen molar-refractivity contribution in [1.29, 1.82) is 0 Å². The summed E-state index contributed by atoms with van der Waals surface area (Å²) in [6, 6.07) is 7.61. The van der Waals surface area contributed by atoms with E-state index in [4.69, 9.17) is 9.84 Å². The van der Waals surface area contributed by atoms with Crippen molar-refractivity contribution in [2.24, 2.45) is 0 Å². The highest BCUT2D eigenvalue weighted by Crippen LogP contribution is 2.33. The largest absolute Gasteiger partial charge is 0.494 e. The third-order valence-electron chi connectivity index (χ3n) is 3.96. The molecule has 25 heavy (non-hydrogen) atoms. The Bertz CT molecular complexity index is 781. The maximum Gasteiger partial charge on any atom is 0.323 e. The molecule has 1 N–H and O–H groups in total. The summed E-state index contributed by atoms with van der Waals surface area (Å²) in [7, 11) is 0. The Kier molecular flexibility index (Phi) is 5.03. The number of amides is 1. The average Bonchev–Trinajstić information content (AvgIpc) is 3.35. The number of aliphatic carboxylic acids is 1. The van der Waals surface area contributed by atoms with Gasteiger partial charge in [0.15, 0.2) is 0 Å². The van der Waals surface area contributed by atoms with Crippen LogP contribution >= 0.6 is 11.3 Å². The fourth-order valence-electron chi connectivity index (χ4n) is 2.61. The van der Waals surface area contributed by atoms with Crippen molar-refractivity contribution in [2.45, 2.75) is 32.7 Å². The molecule has 1 fully saturated rings. The molecule has 1 amide bonds. The number of benzene rings is 1. The first-order valence-corrected chi connectivity index (χ1v) is 9.04. The zero-order valence-corrected chi connectivity index (χ0v) is 15.0. The summed E-state index contributed by atoms with van der Waals surface area (Å²) in [6.07, 6.45) is 1.73. The summed E-state index contributed by atoms with van der Waals surface area (Å²) in [4.78, 5) is 30.3. The Labute approximate surface area is 150 Å². The van der Waals surface area contributed by atoms with Crippen molar-refractivity contribution in [3.63, 3.8) is 0 Å². The van der Waals surface area contributed by atoms with Gasteiger partial charge in [0.1, 0.15) is 22.2 Å². The van der Waals surface area contributed by atoms with Gasteiger partial charge in [0.05, 0.1) is 12.3 Å². The van der Waals surface area contributed by atoms with Gasteiger partial charge in [-0.2, -0.15) is 0 Å². The number of hydrogen-bond donors (Lipinski definition) is 1. The molecule has 7 heteroatoms. The first-order valence-electron chi connectivity index (χ1n) is 8.23. The van der Waals surface area contributed by atoms with Crippen LogP contribution in [0.25, 0.3) is 10.6 Å². The van der Waals surface area contributed by atoms with E-state index in [0.29, 0.717) is 17.2 Å². The molecule has 1 heterocycles. The number of aromatic nitrogens is 1. The lowest BCUT2D eigenvalue weighted by Gasteiger charge is -2.19. The van der Waals surface area contributed by atoms with Gasteiger partial charge in [-0.05, 0) is 51.0 Å². The van der Waals surface area contributed by atoms with Crippen LogP contribution in [0.15, 0.2) is 24.3 Å². The first kappa shape index (κ1) is 17.4. The SMILES string of the molecule is CCOc1ccc(-c2nc(C)c(C(=O)N(CC(=O)O)C3CC3)s2)cc1. The first-order chi connectivity index (χ1) is 12.0. The van der Waals surface area contributed by atoms with E-state index in [2.05, 4.69) is 4.98 Å². The number of rotatable bonds is 7. The fourth-order valence-corrected chi connectivity index (χ4v) is 3.64. The molecular formula is C18H20N2O4S. The molecule has 1 aromatic carbocycles. The van der Waals surface area contributed by atoms with E-state index in [1.807, 2.05) is 31.2 Å². The quantitative estimate of drug-likeness (QED) is 0.820. The van der Waals surface area contributed by atoms with Crippen LogP contribution in [-0.4, -0.2) is 46.1 Å². The summed E-state index contributed by atoms with van der Waals surface area (Å²) in [5, 5.41) is 9.81. The van der Waals surface area contributed by atoms with Gasteiger partial charge in [-0.15, -0.1) is 11.3 Å². The summed E-state index contributed by atoms with van der Waals surface area (Å²) in [5.74, 6) is -0.441. The van der Waals surface area contributed by atoms with Gasteiger partial charge in [0.25, 0.3) is 5.91 Å². The number of ether oxygens (including phenoxy) is 1. The minimum Gasteiger partial charge on any atom is -0.494 e. The number of nitrogens with zero attached hydrogens (tertiary/aromatic N) is 2. The van der Waals surface area contributed by atoms with Crippen molar-refractivity contribution in [3.05, 3.63) is 34.8 Å². The van der Waals surface area contributed by atoms with E-state index in [0.717, 1.165) is 29.2 Å². The molecule has 6 nitrogen and oxygen atoms in total. The monoisotopic (exact) mass is 360 g/mol. The maximum absolute atomic E-state index is 12.8. The predicted molar refractivity (Wildman–Crippen MR) is 95.2 cm³/mol. The predicted octanol–water partition coefficient (Wildman–Crippen LogP) is 3.21. The zero-order valence-electron chi connectivity index (χ0n) is 14.2. The topological polar surface area (TPSA) is 79.7 Å². The van der Waals surface area contributed by atoms with Crippen molar-refractivity contribution < 1.29 is 19.4 Å². The van der Waals surface area contributed by atoms with Crippen molar-refractivity contribution in [3.8, 4) is 16.3 Å². The minimum atomic E-state index is -0.992. The van der Waals surface area contributed by atoms with Crippen LogP contribution in [0.4, 0.5) is 0 Å². The lowest BCUT2D eigenvalue weighted by molar-refractivity contribution is -0.137. The maximum atomic E-state index is 12.8. The molecule has 2 aromatic rings. The molecule has 132 valence electrons. The van der Waals surface area contributed by atoms with Gasteiger partial charge in [-0.1, -0.05) is 0 Å². The molecule has 0 saturated heterocycles. The minimum absolute atomic E-state index is 0.0408. The fraction of sp³-hybridized carbons (Fsp3) is 0.389. The molecular weight excluding hydrogens is 340 g/mol. The number of carboxylic acids is 1. The Balaban J connectivity index is 1.83. The Morgan fingerprint density at radius 2 is 2.00 bits per heavy atom. The van der Waals surface area contributed by atoms with Crippen LogP contribution in [0, 0.1) is 6.92 Å². The molecule has 0 unspecified atom stereocenters. The van der Waals surface area contributed by atoms with Crippen LogP contribution < -0.4 is 4.74 Å². The highest BCUT2D eigenvalue weighted by molar-refractivity contribution is 7.17. The van der Waals surface area contributed by atoms with Gasteiger partial charge in [-0.3, -0.25) is 9.59 Å². The third-order valence-corrected chi connectivity index (χ3v) is 5.15. The molecule has 1 aliphatic carbocycles. The van der Waals surface area contributed by atoms with Crippen molar-refractivity contribution >= 4 is 23.2 Å². The van der Waals surface area contributed by atoms with Crippen molar-refractivity contribution in [2.75, 3.05) is 13.2 Å². The Hall–Kier alpha value is -2.41. The van der Waals surface area contributed by atoms with Gasteiger partial charge >= 0.3 is 5.97 Å². The Morgan fingerprint density at radius 3 is 2.56 bits per heavy atom. The number of carbonyl (C=O) groups excluding carboxylic acids is 1. The summed E-state index contributed by atoms with van der Waals surface area (Å²) in [5.41, 5.74) is 1.54. The van der Waals surface area contributed by atoms with Crippen molar-refractivity contribution in [1.82, 2.24) is 9.88 Å². The van der Waals surface area contributed by atoms with Gasteiger partial charge in [-0.25, -0.2) is 4.98 Å². The highest BCUT2D eigenvalue weighted by Gasteiger charge is 2.35. The van der Waals surface area contributed by atoms with Crippen LogP contribution in [0.5, 0.6) is 5.75 Å². The molecule has 0 aliphatic heterocycles. The van der Waals surface area contributed by atoms with Crippen LogP contribution in [0.3, 0.4) is 0 Å². The van der Waals surface area contributed by atoms with Crippen LogP contribution in [0.2, 0.25) is 0 Å². The molecule has 3 rings (SSSR count). The molecule has 0 bridgehead atoms. The standard InChI is InChI=1S/C18H20N2O4S/c1-3-24-14-8-4-12(5-9-14)17-19-11(2)16(25-17)18(23)20(10-15(21)22)13-6-7-13/h4-5,8-9,13H,3,6-7,10H2,1-2H3,(H,21,22). The molecule has 1 aliphatic rings. The smallest absolute Gasteiger partial charge is 0.323 e. The highest BCUT2D eigenvalue weighted by atomic mass is 32.1. The molecule has 1 aromatic heterocycles.